The van der Waals surface area contributed by atoms with Crippen LogP contribution in [0.4, 0.5) is 9.18 Å². The number of carboxylic acids is 1. The van der Waals surface area contributed by atoms with Gasteiger partial charge in [-0.2, -0.15) is 0 Å². The van der Waals surface area contributed by atoms with E-state index in [1.54, 1.807) is 20.8 Å². The molecular weight excluding hydrogens is 357 g/mol. The summed E-state index contributed by atoms with van der Waals surface area (Å²) in [6, 6.07) is 4.34. The van der Waals surface area contributed by atoms with Gasteiger partial charge in [0.25, 0.3) is 0 Å². The minimum atomic E-state index is -2.31. The fourth-order valence-electron chi connectivity index (χ4n) is 2.92. The fraction of sp³-hybridized carbons (Fsp3) is 0.474. The van der Waals surface area contributed by atoms with Crippen molar-refractivity contribution >= 4 is 23.6 Å². The molecule has 2 rings (SSSR count). The minimum Gasteiger partial charge on any atom is -0.480 e. The van der Waals surface area contributed by atoms with Gasteiger partial charge in [-0.05, 0) is 51.5 Å². The van der Waals surface area contributed by atoms with Crippen molar-refractivity contribution < 1.29 is 33.4 Å². The Labute approximate surface area is 156 Å². The summed E-state index contributed by atoms with van der Waals surface area (Å²) in [6.07, 6.45) is -1.35. The third-order valence-electron chi connectivity index (χ3n) is 4.35. The summed E-state index contributed by atoms with van der Waals surface area (Å²) in [4.78, 5) is 51.0. The van der Waals surface area contributed by atoms with Gasteiger partial charge in [0.05, 0.1) is 0 Å². The van der Waals surface area contributed by atoms with Gasteiger partial charge in [0.2, 0.25) is 0 Å². The first-order chi connectivity index (χ1) is 12.5. The molecule has 1 heterocycles. The van der Waals surface area contributed by atoms with Crippen molar-refractivity contribution in [3.63, 3.8) is 0 Å². The van der Waals surface area contributed by atoms with E-state index in [4.69, 9.17) is 4.74 Å². The van der Waals surface area contributed by atoms with E-state index < -0.39 is 40.5 Å². The summed E-state index contributed by atoms with van der Waals surface area (Å²) in [5, 5.41) is 9.73. The van der Waals surface area contributed by atoms with E-state index in [-0.39, 0.29) is 31.5 Å². The molecular formula is C19H22FNO6. The number of aliphatic carboxylic acids is 1. The largest absolute Gasteiger partial charge is 0.480 e. The van der Waals surface area contributed by atoms with Crippen LogP contribution in [0.1, 0.15) is 44.0 Å². The van der Waals surface area contributed by atoms with Crippen LogP contribution in [0.3, 0.4) is 0 Å². The highest BCUT2D eigenvalue weighted by Crippen LogP contribution is 2.33. The zero-order valence-electron chi connectivity index (χ0n) is 15.5. The molecule has 1 N–H and O–H groups in total. The molecule has 0 radical (unpaired) electrons. The molecule has 8 heteroatoms. The summed E-state index contributed by atoms with van der Waals surface area (Å²) < 4.78 is 18.4. The number of benzene rings is 1. The molecule has 1 atom stereocenters. The van der Waals surface area contributed by atoms with Gasteiger partial charge < -0.3 is 14.7 Å². The molecule has 0 aromatic heterocycles. The predicted molar refractivity (Wildman–Crippen MR) is 92.8 cm³/mol. The number of Topliss-reactive ketones (excluding diaryl/α,β-unsaturated/α-hetero) is 2. The van der Waals surface area contributed by atoms with Crippen LogP contribution in [0, 0.1) is 11.2 Å². The van der Waals surface area contributed by atoms with E-state index in [9.17, 15) is 28.7 Å². The first-order valence-corrected chi connectivity index (χ1v) is 8.52. The van der Waals surface area contributed by atoms with Crippen LogP contribution in [0.5, 0.6) is 0 Å². The topological polar surface area (TPSA) is 101 Å². The molecule has 1 aliphatic rings. The Balaban J connectivity index is 2.32. The Morgan fingerprint density at radius 1 is 1.15 bits per heavy atom. The molecule has 1 unspecified atom stereocenters. The molecule has 0 bridgehead atoms. The van der Waals surface area contributed by atoms with Crippen molar-refractivity contribution in [1.29, 1.82) is 0 Å². The number of rotatable bonds is 3. The molecule has 1 aromatic rings. The third-order valence-corrected chi connectivity index (χ3v) is 4.35. The average molecular weight is 379 g/mol. The van der Waals surface area contributed by atoms with E-state index in [0.717, 1.165) is 24.3 Å². The highest BCUT2D eigenvalue weighted by Gasteiger charge is 2.53. The average Bonchev–Trinajstić information content (AvgIpc) is 2.73. The van der Waals surface area contributed by atoms with Gasteiger partial charge in [0.1, 0.15) is 11.4 Å². The van der Waals surface area contributed by atoms with Gasteiger partial charge in [-0.25, -0.2) is 9.18 Å². The second-order valence-electron chi connectivity index (χ2n) is 7.44. The maximum absolute atomic E-state index is 13.1. The maximum atomic E-state index is 13.1. The Morgan fingerprint density at radius 3 is 2.26 bits per heavy atom. The third kappa shape index (κ3) is 4.32. The lowest BCUT2D eigenvalue weighted by Gasteiger charge is -2.27. The zero-order chi connectivity index (χ0) is 20.4. The van der Waals surface area contributed by atoms with E-state index in [0.29, 0.717) is 0 Å². The van der Waals surface area contributed by atoms with Gasteiger partial charge >= 0.3 is 12.1 Å². The predicted octanol–water partition coefficient (Wildman–Crippen LogP) is 2.68. The molecule has 1 aliphatic heterocycles. The van der Waals surface area contributed by atoms with Crippen molar-refractivity contribution in [2.45, 2.75) is 39.2 Å². The highest BCUT2D eigenvalue weighted by atomic mass is 19.1. The smallest absolute Gasteiger partial charge is 0.410 e. The SMILES string of the molecule is CC(C)(C)OC(=O)N1CCC(=O)C(C(=O)O)(C(=O)c2ccc(F)cc2)CC1. The molecule has 1 aromatic carbocycles. The molecule has 0 aliphatic carbocycles. The van der Waals surface area contributed by atoms with Crippen LogP contribution < -0.4 is 0 Å². The van der Waals surface area contributed by atoms with Crippen molar-refractivity contribution in [2.75, 3.05) is 13.1 Å². The number of halogens is 1. The summed E-state index contributed by atoms with van der Waals surface area (Å²) in [5.41, 5.74) is -3.13. The van der Waals surface area contributed by atoms with Crippen molar-refractivity contribution in [3.05, 3.63) is 35.6 Å². The fourth-order valence-corrected chi connectivity index (χ4v) is 2.92. The number of amides is 1. The van der Waals surface area contributed by atoms with E-state index in [2.05, 4.69) is 0 Å². The number of ketones is 2. The molecule has 7 nitrogen and oxygen atoms in total. The first kappa shape index (κ1) is 20.5. The standard InChI is InChI=1S/C19H22FNO6/c1-18(2,3)27-17(26)21-10-8-14(22)19(9-11-21,16(24)25)15(23)12-4-6-13(20)7-5-12/h4-7H,8-11H2,1-3H3,(H,24,25). The van der Waals surface area contributed by atoms with Crippen LogP contribution in [0.2, 0.25) is 0 Å². The molecule has 0 spiro atoms. The molecule has 27 heavy (non-hydrogen) atoms. The molecule has 0 saturated carbocycles. The summed E-state index contributed by atoms with van der Waals surface area (Å²) in [7, 11) is 0. The van der Waals surface area contributed by atoms with Gasteiger partial charge in [-0.15, -0.1) is 0 Å². The van der Waals surface area contributed by atoms with Crippen LogP contribution in [-0.4, -0.2) is 52.3 Å². The lowest BCUT2D eigenvalue weighted by molar-refractivity contribution is -0.151. The second-order valence-corrected chi connectivity index (χ2v) is 7.44. The quantitative estimate of drug-likeness (QED) is 0.640. The molecule has 146 valence electrons. The van der Waals surface area contributed by atoms with Crippen LogP contribution in [0.25, 0.3) is 0 Å². The van der Waals surface area contributed by atoms with E-state index in [1.165, 1.54) is 4.90 Å². The highest BCUT2D eigenvalue weighted by molar-refractivity contribution is 6.26. The lowest BCUT2D eigenvalue weighted by atomic mass is 9.73. The zero-order valence-corrected chi connectivity index (χ0v) is 15.5. The van der Waals surface area contributed by atoms with Gasteiger partial charge in [0.15, 0.2) is 17.0 Å². The van der Waals surface area contributed by atoms with Crippen molar-refractivity contribution in [1.82, 2.24) is 4.90 Å². The number of carbonyl (C=O) groups excluding carboxylic acids is 3. The number of ether oxygens (including phenoxy) is 1. The molecule has 1 amide bonds. The lowest BCUT2D eigenvalue weighted by Crippen LogP contribution is -2.46. The van der Waals surface area contributed by atoms with Gasteiger partial charge in [0, 0.05) is 25.1 Å². The van der Waals surface area contributed by atoms with Crippen LogP contribution >= 0.6 is 0 Å². The van der Waals surface area contributed by atoms with E-state index >= 15 is 0 Å². The Kier molecular flexibility index (Phi) is 5.67. The normalized spacial score (nSPS) is 20.7. The second kappa shape index (κ2) is 7.46. The monoisotopic (exact) mass is 379 g/mol. The number of likely N-dealkylation sites (tertiary alicyclic amines) is 1. The maximum Gasteiger partial charge on any atom is 0.410 e. The van der Waals surface area contributed by atoms with Crippen LogP contribution in [-0.2, 0) is 14.3 Å². The Bertz CT molecular complexity index is 767. The number of hydrogen-bond donors (Lipinski definition) is 1. The summed E-state index contributed by atoms with van der Waals surface area (Å²) >= 11 is 0. The molecule has 1 fully saturated rings. The van der Waals surface area contributed by atoms with E-state index in [1.807, 2.05) is 0 Å². The number of carbonyl (C=O) groups is 4. The minimum absolute atomic E-state index is 0.0422. The van der Waals surface area contributed by atoms with Crippen LogP contribution in [0.15, 0.2) is 24.3 Å². The van der Waals surface area contributed by atoms with Gasteiger partial charge in [-0.1, -0.05) is 0 Å². The van der Waals surface area contributed by atoms with Crippen molar-refractivity contribution in [2.24, 2.45) is 5.41 Å². The van der Waals surface area contributed by atoms with Gasteiger partial charge in [-0.3, -0.25) is 14.4 Å². The Morgan fingerprint density at radius 2 is 1.74 bits per heavy atom. The summed E-state index contributed by atoms with van der Waals surface area (Å²) in [6.45, 7) is 4.90. The number of carboxylic acid groups (broad SMARTS) is 1. The molecule has 1 saturated heterocycles. The number of hydrogen-bond acceptors (Lipinski definition) is 5. The number of nitrogens with zero attached hydrogens (tertiary/aromatic N) is 1. The van der Waals surface area contributed by atoms with Crippen molar-refractivity contribution in [3.8, 4) is 0 Å². The summed E-state index contributed by atoms with van der Waals surface area (Å²) in [5.74, 6) is -3.85. The Hall–Kier alpha value is -2.77. The first-order valence-electron chi connectivity index (χ1n) is 8.52.